The van der Waals surface area contributed by atoms with E-state index in [1.807, 2.05) is 53.4 Å². The standard InChI is InChI=1S/C20H17N3OS/c24-20(14-8-9-25-12-14)23-15-6-7-18(23)16-11-21-19(22-17(16)10-15)13-4-2-1-3-5-13/h1-5,8-9,11-12,15,18H,6-7,10H2. The van der Waals surface area contributed by atoms with Crippen molar-refractivity contribution < 1.29 is 4.79 Å². The summed E-state index contributed by atoms with van der Waals surface area (Å²) in [4.78, 5) is 24.4. The van der Waals surface area contributed by atoms with E-state index in [0.717, 1.165) is 47.5 Å². The molecule has 0 saturated carbocycles. The van der Waals surface area contributed by atoms with Crippen LogP contribution in [0.1, 0.15) is 40.5 Å². The molecule has 2 bridgehead atoms. The normalized spacial score (nSPS) is 21.2. The van der Waals surface area contributed by atoms with Gasteiger partial charge in [0.25, 0.3) is 5.91 Å². The summed E-state index contributed by atoms with van der Waals surface area (Å²) in [5, 5.41) is 3.90. The van der Waals surface area contributed by atoms with Crippen molar-refractivity contribution in [1.82, 2.24) is 14.9 Å². The average Bonchev–Trinajstić information content (AvgIpc) is 3.29. The SMILES string of the molecule is O=C(c1ccsc1)N1C2CCC1c1cnc(-c3ccccc3)nc1C2. The number of amides is 1. The Bertz CT molecular complexity index is 923. The van der Waals surface area contributed by atoms with Crippen LogP contribution in [0.15, 0.2) is 53.4 Å². The zero-order chi connectivity index (χ0) is 16.8. The number of rotatable bonds is 2. The summed E-state index contributed by atoms with van der Waals surface area (Å²) in [6.45, 7) is 0. The number of benzene rings is 1. The van der Waals surface area contributed by atoms with E-state index in [4.69, 9.17) is 4.98 Å². The Labute approximate surface area is 150 Å². The molecule has 4 nitrogen and oxygen atoms in total. The molecule has 25 heavy (non-hydrogen) atoms. The fourth-order valence-corrected chi connectivity index (χ4v) is 4.68. The summed E-state index contributed by atoms with van der Waals surface area (Å²) in [6, 6.07) is 12.4. The maximum absolute atomic E-state index is 12.9. The second-order valence-corrected chi connectivity index (χ2v) is 7.42. The monoisotopic (exact) mass is 347 g/mol. The molecule has 1 saturated heterocycles. The minimum absolute atomic E-state index is 0.117. The molecule has 2 unspecified atom stereocenters. The third kappa shape index (κ3) is 2.38. The molecule has 2 atom stereocenters. The Morgan fingerprint density at radius 3 is 2.84 bits per heavy atom. The van der Waals surface area contributed by atoms with Crippen LogP contribution in [0, 0.1) is 0 Å². The van der Waals surface area contributed by atoms with Crippen LogP contribution >= 0.6 is 11.3 Å². The van der Waals surface area contributed by atoms with Crippen LogP contribution in [0.5, 0.6) is 0 Å². The van der Waals surface area contributed by atoms with Crippen molar-refractivity contribution in [3.63, 3.8) is 0 Å². The Kier molecular flexibility index (Phi) is 3.41. The molecule has 0 spiro atoms. The first-order chi connectivity index (χ1) is 12.3. The van der Waals surface area contributed by atoms with Gasteiger partial charge in [0.2, 0.25) is 0 Å². The lowest BCUT2D eigenvalue weighted by Crippen LogP contribution is -2.42. The van der Waals surface area contributed by atoms with Crippen LogP contribution in [-0.2, 0) is 6.42 Å². The molecular weight excluding hydrogens is 330 g/mol. The van der Waals surface area contributed by atoms with E-state index in [9.17, 15) is 4.79 Å². The zero-order valence-corrected chi connectivity index (χ0v) is 14.4. The second-order valence-electron chi connectivity index (χ2n) is 6.64. The Balaban J connectivity index is 1.52. The molecule has 4 heterocycles. The van der Waals surface area contributed by atoms with Gasteiger partial charge in [0, 0.05) is 35.2 Å². The van der Waals surface area contributed by atoms with Gasteiger partial charge in [-0.1, -0.05) is 30.3 Å². The lowest BCUT2D eigenvalue weighted by Gasteiger charge is -2.35. The predicted molar refractivity (Wildman–Crippen MR) is 97.4 cm³/mol. The van der Waals surface area contributed by atoms with Crippen LogP contribution in [0.3, 0.4) is 0 Å². The van der Waals surface area contributed by atoms with E-state index in [-0.39, 0.29) is 18.0 Å². The van der Waals surface area contributed by atoms with E-state index in [0.29, 0.717) is 0 Å². The minimum Gasteiger partial charge on any atom is -0.328 e. The van der Waals surface area contributed by atoms with Gasteiger partial charge in [-0.05, 0) is 24.3 Å². The molecule has 1 aromatic carbocycles. The number of hydrogen-bond acceptors (Lipinski definition) is 4. The lowest BCUT2D eigenvalue weighted by atomic mass is 9.98. The fourth-order valence-electron chi connectivity index (χ4n) is 4.05. The molecule has 2 aliphatic rings. The number of thiophene rings is 1. The number of carbonyl (C=O) groups excluding carboxylic acids is 1. The van der Waals surface area contributed by atoms with Crippen molar-refractivity contribution in [2.24, 2.45) is 0 Å². The van der Waals surface area contributed by atoms with E-state index >= 15 is 0 Å². The molecule has 2 aliphatic heterocycles. The molecule has 1 fully saturated rings. The van der Waals surface area contributed by atoms with Crippen LogP contribution < -0.4 is 0 Å². The van der Waals surface area contributed by atoms with Gasteiger partial charge in [-0.15, -0.1) is 0 Å². The Morgan fingerprint density at radius 2 is 2.04 bits per heavy atom. The number of aromatic nitrogens is 2. The quantitative estimate of drug-likeness (QED) is 0.701. The van der Waals surface area contributed by atoms with Gasteiger partial charge in [0.1, 0.15) is 0 Å². The van der Waals surface area contributed by atoms with Crippen molar-refractivity contribution in [2.75, 3.05) is 0 Å². The predicted octanol–water partition coefficient (Wildman–Crippen LogP) is 4.11. The van der Waals surface area contributed by atoms with E-state index < -0.39 is 0 Å². The molecule has 3 aromatic rings. The van der Waals surface area contributed by atoms with Gasteiger partial charge >= 0.3 is 0 Å². The minimum atomic E-state index is 0.117. The highest BCUT2D eigenvalue weighted by atomic mass is 32.1. The van der Waals surface area contributed by atoms with Crippen molar-refractivity contribution in [3.8, 4) is 11.4 Å². The van der Waals surface area contributed by atoms with Gasteiger partial charge in [-0.2, -0.15) is 11.3 Å². The topological polar surface area (TPSA) is 46.1 Å². The highest BCUT2D eigenvalue weighted by Gasteiger charge is 2.43. The highest BCUT2D eigenvalue weighted by molar-refractivity contribution is 7.08. The number of carbonyl (C=O) groups is 1. The first-order valence-electron chi connectivity index (χ1n) is 8.57. The summed E-state index contributed by atoms with van der Waals surface area (Å²) in [7, 11) is 0. The molecule has 124 valence electrons. The average molecular weight is 347 g/mol. The number of hydrogen-bond donors (Lipinski definition) is 0. The summed E-state index contributed by atoms with van der Waals surface area (Å²) in [6.07, 6.45) is 4.80. The molecule has 0 radical (unpaired) electrons. The first-order valence-corrected chi connectivity index (χ1v) is 9.51. The zero-order valence-electron chi connectivity index (χ0n) is 13.6. The highest BCUT2D eigenvalue weighted by Crippen LogP contribution is 2.44. The molecule has 0 N–H and O–H groups in total. The number of nitrogens with zero attached hydrogens (tertiary/aromatic N) is 3. The van der Waals surface area contributed by atoms with E-state index in [1.165, 1.54) is 0 Å². The van der Waals surface area contributed by atoms with Gasteiger partial charge in [-0.25, -0.2) is 9.97 Å². The first kappa shape index (κ1) is 14.8. The van der Waals surface area contributed by atoms with Gasteiger partial charge in [0.15, 0.2) is 5.82 Å². The van der Waals surface area contributed by atoms with Crippen LogP contribution in [0.4, 0.5) is 0 Å². The van der Waals surface area contributed by atoms with Gasteiger partial charge in [0.05, 0.1) is 17.3 Å². The summed E-state index contributed by atoms with van der Waals surface area (Å²) in [5.41, 5.74) is 4.06. The van der Waals surface area contributed by atoms with Crippen LogP contribution in [-0.4, -0.2) is 26.8 Å². The molecule has 2 aromatic heterocycles. The maximum Gasteiger partial charge on any atom is 0.255 e. The lowest BCUT2D eigenvalue weighted by molar-refractivity contribution is 0.0644. The molecular formula is C20H17N3OS. The molecule has 5 rings (SSSR count). The summed E-state index contributed by atoms with van der Waals surface area (Å²) < 4.78 is 0. The van der Waals surface area contributed by atoms with Crippen molar-refractivity contribution >= 4 is 17.2 Å². The molecule has 1 amide bonds. The van der Waals surface area contributed by atoms with Gasteiger partial charge in [-0.3, -0.25) is 4.79 Å². The molecule has 5 heteroatoms. The Hall–Kier alpha value is -2.53. The summed E-state index contributed by atoms with van der Waals surface area (Å²) >= 11 is 1.57. The summed E-state index contributed by atoms with van der Waals surface area (Å²) in [5.74, 6) is 0.919. The van der Waals surface area contributed by atoms with E-state index in [1.54, 1.807) is 11.3 Å². The van der Waals surface area contributed by atoms with Crippen LogP contribution in [0.25, 0.3) is 11.4 Å². The maximum atomic E-state index is 12.9. The third-order valence-electron chi connectivity index (χ3n) is 5.23. The van der Waals surface area contributed by atoms with Crippen molar-refractivity contribution in [3.05, 3.63) is 70.2 Å². The Morgan fingerprint density at radius 1 is 1.16 bits per heavy atom. The second kappa shape index (κ2) is 5.77. The molecule has 0 aliphatic carbocycles. The van der Waals surface area contributed by atoms with Crippen molar-refractivity contribution in [1.29, 1.82) is 0 Å². The van der Waals surface area contributed by atoms with E-state index in [2.05, 4.69) is 9.88 Å². The van der Waals surface area contributed by atoms with Gasteiger partial charge < -0.3 is 4.90 Å². The third-order valence-corrected chi connectivity index (χ3v) is 5.91. The number of fused-ring (bicyclic) bond motifs is 4. The van der Waals surface area contributed by atoms with Crippen LogP contribution in [0.2, 0.25) is 0 Å². The van der Waals surface area contributed by atoms with Crippen molar-refractivity contribution in [2.45, 2.75) is 31.3 Å². The smallest absolute Gasteiger partial charge is 0.255 e. The largest absolute Gasteiger partial charge is 0.328 e. The fraction of sp³-hybridized carbons (Fsp3) is 0.250.